The molecule has 1 amide bonds. The largest absolute Gasteiger partial charge is 0.490 e. The van der Waals surface area contributed by atoms with Gasteiger partial charge < -0.3 is 20.9 Å². The van der Waals surface area contributed by atoms with Gasteiger partial charge >= 0.3 is 12.1 Å². The van der Waals surface area contributed by atoms with E-state index in [1.54, 1.807) is 24.3 Å². The minimum Gasteiger partial charge on any atom is -0.484 e. The van der Waals surface area contributed by atoms with Crippen molar-refractivity contribution in [3.63, 3.8) is 0 Å². The highest BCUT2D eigenvalue weighted by Gasteiger charge is 2.38. The standard InChI is InChI=1S/C27H26ClN3O4S.C2HF3O2/c1-31(36(33,34)25-14-8-22(28)9-15-25)23-10-12-24(13-11-23)35-18-27(32)30-26(17-29)21-7-6-19-4-2-3-5-20(19)16-21;3-2(4,5)1(6)7/h2-16,26H,17-18,29H2,1H3,(H,30,32);(H,6,7). The van der Waals surface area contributed by atoms with Crippen LogP contribution in [0.3, 0.4) is 0 Å². The molecule has 0 aliphatic heterocycles. The molecule has 43 heavy (non-hydrogen) atoms. The summed E-state index contributed by atoms with van der Waals surface area (Å²) in [5.74, 6) is -2.64. The Labute approximate surface area is 250 Å². The number of alkyl halides is 3. The van der Waals surface area contributed by atoms with Crippen LogP contribution >= 0.6 is 11.6 Å². The third-order valence-electron chi connectivity index (χ3n) is 6.03. The first kappa shape index (κ1) is 33.2. The van der Waals surface area contributed by atoms with E-state index in [0.717, 1.165) is 16.3 Å². The Morgan fingerprint density at radius 2 is 1.56 bits per heavy atom. The second-order valence-corrected chi connectivity index (χ2v) is 11.4. The number of sulfonamides is 1. The smallest absolute Gasteiger partial charge is 0.484 e. The van der Waals surface area contributed by atoms with Crippen LogP contribution < -0.4 is 20.1 Å². The van der Waals surface area contributed by atoms with E-state index in [9.17, 15) is 26.4 Å². The van der Waals surface area contributed by atoms with Crippen molar-refractivity contribution >= 4 is 50.0 Å². The number of nitrogens with zero attached hydrogens (tertiary/aromatic N) is 1. The van der Waals surface area contributed by atoms with E-state index in [4.69, 9.17) is 32.0 Å². The zero-order chi connectivity index (χ0) is 31.8. The molecule has 14 heteroatoms. The third-order valence-corrected chi connectivity index (χ3v) is 8.08. The lowest BCUT2D eigenvalue weighted by atomic mass is 10.0. The van der Waals surface area contributed by atoms with Crippen LogP contribution in [-0.4, -0.2) is 51.8 Å². The molecule has 4 aromatic carbocycles. The van der Waals surface area contributed by atoms with Gasteiger partial charge in [0.15, 0.2) is 6.61 Å². The molecule has 9 nitrogen and oxygen atoms in total. The average Bonchev–Trinajstić information content (AvgIpc) is 2.98. The summed E-state index contributed by atoms with van der Waals surface area (Å²) < 4.78 is 64.2. The number of halogens is 4. The highest BCUT2D eigenvalue weighted by Crippen LogP contribution is 2.25. The number of aliphatic carboxylic acids is 1. The predicted octanol–water partition coefficient (Wildman–Crippen LogP) is 5.15. The van der Waals surface area contributed by atoms with Crippen LogP contribution in [0, 0.1) is 0 Å². The number of nitrogens with two attached hydrogens (primary N) is 1. The molecule has 0 aromatic heterocycles. The number of nitrogens with one attached hydrogen (secondary N) is 1. The summed E-state index contributed by atoms with van der Waals surface area (Å²) >= 11 is 5.86. The number of rotatable bonds is 9. The fourth-order valence-electron chi connectivity index (χ4n) is 3.74. The Morgan fingerprint density at radius 3 is 2.12 bits per heavy atom. The summed E-state index contributed by atoms with van der Waals surface area (Å²) in [5.41, 5.74) is 7.28. The van der Waals surface area contributed by atoms with Crippen molar-refractivity contribution in [2.24, 2.45) is 5.73 Å². The Balaban J connectivity index is 0.000000646. The van der Waals surface area contributed by atoms with E-state index in [1.807, 2.05) is 42.5 Å². The van der Waals surface area contributed by atoms with E-state index >= 15 is 0 Å². The number of hydrogen-bond acceptors (Lipinski definition) is 6. The van der Waals surface area contributed by atoms with Gasteiger partial charge in [-0.3, -0.25) is 9.10 Å². The first-order valence-electron chi connectivity index (χ1n) is 12.5. The van der Waals surface area contributed by atoms with Gasteiger partial charge in [0.2, 0.25) is 0 Å². The quantitative estimate of drug-likeness (QED) is 0.231. The maximum atomic E-state index is 12.9. The van der Waals surface area contributed by atoms with Gasteiger partial charge in [-0.1, -0.05) is 48.0 Å². The van der Waals surface area contributed by atoms with Crippen LogP contribution in [0.1, 0.15) is 11.6 Å². The monoisotopic (exact) mass is 637 g/mol. The molecule has 0 fully saturated rings. The molecule has 0 heterocycles. The molecule has 0 aliphatic rings. The molecule has 4 rings (SSSR count). The molecule has 0 saturated carbocycles. The lowest BCUT2D eigenvalue weighted by Gasteiger charge is -2.20. The zero-order valence-electron chi connectivity index (χ0n) is 22.6. The van der Waals surface area contributed by atoms with Gasteiger partial charge in [0.05, 0.1) is 16.6 Å². The second-order valence-electron chi connectivity index (χ2n) is 8.97. The molecular formula is C29H27ClF3N3O6S. The minimum atomic E-state index is -5.08. The summed E-state index contributed by atoms with van der Waals surface area (Å²) in [6, 6.07) is 26.0. The number of carbonyl (C=O) groups is 2. The van der Waals surface area contributed by atoms with E-state index in [0.29, 0.717) is 16.5 Å². The van der Waals surface area contributed by atoms with Gasteiger partial charge in [0.1, 0.15) is 5.75 Å². The third kappa shape index (κ3) is 9.08. The molecule has 0 saturated heterocycles. The lowest BCUT2D eigenvalue weighted by molar-refractivity contribution is -0.192. The number of carboxylic acids is 1. The maximum absolute atomic E-state index is 12.9. The molecular weight excluding hydrogens is 611 g/mol. The molecule has 4 aromatic rings. The van der Waals surface area contributed by atoms with Crippen LogP contribution in [0.4, 0.5) is 18.9 Å². The summed E-state index contributed by atoms with van der Waals surface area (Å²) in [7, 11) is -2.28. The summed E-state index contributed by atoms with van der Waals surface area (Å²) in [4.78, 5) is 21.5. The SMILES string of the molecule is CN(c1ccc(OCC(=O)NC(CN)c2ccc3ccccc3c2)cc1)S(=O)(=O)c1ccc(Cl)cc1.O=C(O)C(F)(F)F. The van der Waals surface area contributed by atoms with E-state index in [2.05, 4.69) is 5.32 Å². The van der Waals surface area contributed by atoms with Crippen molar-refractivity contribution in [2.75, 3.05) is 24.5 Å². The van der Waals surface area contributed by atoms with Gasteiger partial charge in [-0.2, -0.15) is 13.2 Å². The van der Waals surface area contributed by atoms with Crippen molar-refractivity contribution in [1.29, 1.82) is 0 Å². The van der Waals surface area contributed by atoms with Crippen LogP contribution in [0.5, 0.6) is 5.75 Å². The number of benzene rings is 4. The van der Waals surface area contributed by atoms with Crippen LogP contribution in [0.2, 0.25) is 5.02 Å². The Hall–Kier alpha value is -4.33. The van der Waals surface area contributed by atoms with Gasteiger partial charge in [0.25, 0.3) is 15.9 Å². The van der Waals surface area contributed by atoms with Gasteiger partial charge in [0, 0.05) is 18.6 Å². The normalized spacial score (nSPS) is 12.0. The summed E-state index contributed by atoms with van der Waals surface area (Å²) in [6.45, 7) is 0.0372. The van der Waals surface area contributed by atoms with Crippen molar-refractivity contribution in [3.05, 3.63) is 102 Å². The van der Waals surface area contributed by atoms with Gasteiger partial charge in [-0.25, -0.2) is 13.2 Å². The number of anilines is 1. The molecule has 1 unspecified atom stereocenters. The van der Waals surface area contributed by atoms with Crippen molar-refractivity contribution in [2.45, 2.75) is 17.1 Å². The summed E-state index contributed by atoms with van der Waals surface area (Å²) in [5, 5.41) is 12.7. The average molecular weight is 638 g/mol. The zero-order valence-corrected chi connectivity index (χ0v) is 24.2. The Bertz CT molecular complexity index is 1670. The minimum absolute atomic E-state index is 0.132. The van der Waals surface area contributed by atoms with E-state index < -0.39 is 22.2 Å². The maximum Gasteiger partial charge on any atom is 0.490 e. The van der Waals surface area contributed by atoms with Crippen molar-refractivity contribution in [1.82, 2.24) is 5.32 Å². The molecule has 4 N–H and O–H groups in total. The molecule has 0 bridgehead atoms. The fourth-order valence-corrected chi connectivity index (χ4v) is 5.07. The highest BCUT2D eigenvalue weighted by molar-refractivity contribution is 7.92. The van der Waals surface area contributed by atoms with Gasteiger partial charge in [-0.05, 0) is 70.9 Å². The topological polar surface area (TPSA) is 139 Å². The Kier molecular flexibility index (Phi) is 11.0. The summed E-state index contributed by atoms with van der Waals surface area (Å²) in [6.07, 6.45) is -5.08. The van der Waals surface area contributed by atoms with Crippen LogP contribution in [0.25, 0.3) is 10.8 Å². The predicted molar refractivity (Wildman–Crippen MR) is 157 cm³/mol. The van der Waals surface area contributed by atoms with Crippen LogP contribution in [0.15, 0.2) is 95.9 Å². The van der Waals surface area contributed by atoms with Crippen molar-refractivity contribution < 1.29 is 41.0 Å². The first-order valence-corrected chi connectivity index (χ1v) is 14.3. The molecule has 0 radical (unpaired) electrons. The van der Waals surface area contributed by atoms with E-state index in [-0.39, 0.29) is 30.0 Å². The molecule has 0 aliphatic carbocycles. The molecule has 0 spiro atoms. The number of carbonyl (C=O) groups excluding carboxylic acids is 1. The number of ether oxygens (including phenoxy) is 1. The number of amides is 1. The van der Waals surface area contributed by atoms with Crippen molar-refractivity contribution in [3.8, 4) is 5.75 Å². The second kappa shape index (κ2) is 14.2. The lowest BCUT2D eigenvalue weighted by Crippen LogP contribution is -2.36. The molecule has 228 valence electrons. The fraction of sp³-hybridized carbons (Fsp3) is 0.172. The Morgan fingerprint density at radius 1 is 0.977 bits per heavy atom. The molecule has 1 atom stereocenters. The van der Waals surface area contributed by atoms with Gasteiger partial charge in [-0.15, -0.1) is 0 Å². The number of fused-ring (bicyclic) bond motifs is 1. The van der Waals surface area contributed by atoms with Crippen LogP contribution in [-0.2, 0) is 19.6 Å². The first-order chi connectivity index (χ1) is 20.2. The number of carboxylic acid groups (broad SMARTS) is 1. The van der Waals surface area contributed by atoms with E-state index in [1.165, 1.54) is 35.6 Å². The number of hydrogen-bond donors (Lipinski definition) is 3. The highest BCUT2D eigenvalue weighted by atomic mass is 35.5.